The maximum absolute atomic E-state index is 10.9. The molecule has 0 bridgehead atoms. The molecule has 1 atom stereocenters. The molecule has 0 saturated heterocycles. The zero-order chi connectivity index (χ0) is 12.7. The van der Waals surface area contributed by atoms with Gasteiger partial charge < -0.3 is 5.32 Å². The predicted octanol–water partition coefficient (Wildman–Crippen LogP) is 3.70. The third-order valence-electron chi connectivity index (χ3n) is 2.62. The molecule has 0 aliphatic heterocycles. The molecule has 1 aromatic carbocycles. The van der Waals surface area contributed by atoms with Crippen LogP contribution < -0.4 is 5.32 Å². The van der Waals surface area contributed by atoms with Gasteiger partial charge in [0.15, 0.2) is 0 Å². The highest BCUT2D eigenvalue weighted by molar-refractivity contribution is 5.73. The molecule has 2 heteroatoms. The number of nitrogens with one attached hydrogen (secondary N) is 1. The van der Waals surface area contributed by atoms with Gasteiger partial charge in [-0.1, -0.05) is 49.8 Å². The number of allylic oxidation sites excluding steroid dienone is 1. The fraction of sp³-hybridized carbons (Fsp3) is 0.400. The highest BCUT2D eigenvalue weighted by Gasteiger charge is 2.05. The largest absolute Gasteiger partial charge is 0.350 e. The second kappa shape index (κ2) is 6.89. The Morgan fingerprint density at radius 3 is 2.53 bits per heavy atom. The molecule has 1 N–H and O–H groups in total. The second-order valence-corrected chi connectivity index (χ2v) is 4.28. The first-order valence-electron chi connectivity index (χ1n) is 6.17. The quantitative estimate of drug-likeness (QED) is 0.822. The van der Waals surface area contributed by atoms with E-state index < -0.39 is 0 Å². The Balaban J connectivity index is 2.64. The van der Waals surface area contributed by atoms with Crippen molar-refractivity contribution in [2.45, 2.75) is 39.7 Å². The van der Waals surface area contributed by atoms with Gasteiger partial charge in [-0.2, -0.15) is 0 Å². The van der Waals surface area contributed by atoms with Crippen molar-refractivity contribution in [3.8, 4) is 0 Å². The first kappa shape index (κ1) is 13.5. The Kier molecular flexibility index (Phi) is 5.47. The molecule has 1 amide bonds. The van der Waals surface area contributed by atoms with Crippen LogP contribution in [0.4, 0.5) is 0 Å². The Hall–Kier alpha value is -1.57. The van der Waals surface area contributed by atoms with Crippen molar-refractivity contribution in [1.82, 2.24) is 5.32 Å². The first-order chi connectivity index (χ1) is 8.13. The Labute approximate surface area is 104 Å². The van der Waals surface area contributed by atoms with Gasteiger partial charge >= 0.3 is 0 Å². The molecule has 0 aromatic heterocycles. The van der Waals surface area contributed by atoms with Gasteiger partial charge in [-0.25, -0.2) is 0 Å². The van der Waals surface area contributed by atoms with Gasteiger partial charge in [-0.05, 0) is 24.5 Å². The van der Waals surface area contributed by atoms with E-state index in [-0.39, 0.29) is 11.9 Å². The number of unbranched alkanes of at least 4 members (excludes halogenated alkanes) is 1. The van der Waals surface area contributed by atoms with Gasteiger partial charge in [0.05, 0.1) is 6.04 Å². The van der Waals surface area contributed by atoms with E-state index >= 15 is 0 Å². The lowest BCUT2D eigenvalue weighted by Crippen LogP contribution is -2.23. The van der Waals surface area contributed by atoms with Crippen LogP contribution in [-0.4, -0.2) is 5.91 Å². The van der Waals surface area contributed by atoms with Crippen molar-refractivity contribution >= 4 is 12.0 Å². The van der Waals surface area contributed by atoms with E-state index in [2.05, 4.69) is 48.7 Å². The maximum Gasteiger partial charge on any atom is 0.217 e. The third kappa shape index (κ3) is 4.85. The number of carbonyl (C=O) groups is 1. The summed E-state index contributed by atoms with van der Waals surface area (Å²) in [6.45, 7) is 5.70. The van der Waals surface area contributed by atoms with E-state index in [1.165, 1.54) is 12.0 Å². The van der Waals surface area contributed by atoms with Crippen LogP contribution in [-0.2, 0) is 4.79 Å². The van der Waals surface area contributed by atoms with Crippen molar-refractivity contribution in [3.05, 3.63) is 41.5 Å². The van der Waals surface area contributed by atoms with E-state index in [1.54, 1.807) is 6.92 Å². The summed E-state index contributed by atoms with van der Waals surface area (Å²) in [5.74, 6) is 0.00409. The summed E-state index contributed by atoms with van der Waals surface area (Å²) in [4.78, 5) is 10.9. The third-order valence-corrected chi connectivity index (χ3v) is 2.62. The van der Waals surface area contributed by atoms with Crippen LogP contribution in [0.2, 0.25) is 0 Å². The van der Waals surface area contributed by atoms with Crippen LogP contribution in [0.15, 0.2) is 30.3 Å². The summed E-state index contributed by atoms with van der Waals surface area (Å²) < 4.78 is 0. The average Bonchev–Trinajstić information content (AvgIpc) is 2.29. The standard InChI is InChI=1S/C15H21NO/c1-4-5-6-7-14-8-10-15(11-9-14)12(2)16-13(3)17/h6-12H,4-5H2,1-3H3,(H,16,17)/b7-6+/t12-/m1/s1. The molecule has 0 saturated carbocycles. The Bertz CT molecular complexity index is 378. The van der Waals surface area contributed by atoms with Crippen LogP contribution in [0, 0.1) is 0 Å². The van der Waals surface area contributed by atoms with E-state index in [1.807, 2.05) is 6.92 Å². The molecule has 1 rings (SSSR count). The lowest BCUT2D eigenvalue weighted by atomic mass is 10.1. The minimum absolute atomic E-state index is 0.00409. The van der Waals surface area contributed by atoms with Crippen LogP contribution >= 0.6 is 0 Å². The number of amides is 1. The molecular formula is C15H21NO. The fourth-order valence-electron chi connectivity index (χ4n) is 1.67. The molecule has 0 spiro atoms. The average molecular weight is 231 g/mol. The molecular weight excluding hydrogens is 210 g/mol. The molecule has 2 nitrogen and oxygen atoms in total. The Morgan fingerprint density at radius 2 is 2.00 bits per heavy atom. The van der Waals surface area contributed by atoms with Gasteiger partial charge in [-0.3, -0.25) is 4.79 Å². The Morgan fingerprint density at radius 1 is 1.35 bits per heavy atom. The lowest BCUT2D eigenvalue weighted by molar-refractivity contribution is -0.119. The monoisotopic (exact) mass is 231 g/mol. The minimum atomic E-state index is 0.00409. The molecule has 0 heterocycles. The molecule has 0 aliphatic rings. The molecule has 0 fully saturated rings. The topological polar surface area (TPSA) is 29.1 Å². The number of rotatable bonds is 5. The van der Waals surface area contributed by atoms with Crippen molar-refractivity contribution in [2.24, 2.45) is 0 Å². The molecule has 1 aromatic rings. The number of hydrogen-bond donors (Lipinski definition) is 1. The fourth-order valence-corrected chi connectivity index (χ4v) is 1.67. The van der Waals surface area contributed by atoms with Gasteiger partial charge in [0, 0.05) is 6.92 Å². The zero-order valence-corrected chi connectivity index (χ0v) is 10.9. The summed E-state index contributed by atoms with van der Waals surface area (Å²) in [5.41, 5.74) is 2.34. The van der Waals surface area contributed by atoms with Crippen molar-refractivity contribution in [1.29, 1.82) is 0 Å². The molecule has 92 valence electrons. The van der Waals surface area contributed by atoms with Gasteiger partial charge in [-0.15, -0.1) is 0 Å². The number of carbonyl (C=O) groups excluding carboxylic acids is 1. The summed E-state index contributed by atoms with van der Waals surface area (Å²) in [6.07, 6.45) is 6.61. The summed E-state index contributed by atoms with van der Waals surface area (Å²) in [7, 11) is 0. The van der Waals surface area contributed by atoms with Crippen molar-refractivity contribution in [2.75, 3.05) is 0 Å². The van der Waals surface area contributed by atoms with E-state index in [9.17, 15) is 4.79 Å². The summed E-state index contributed by atoms with van der Waals surface area (Å²) in [6, 6.07) is 8.36. The van der Waals surface area contributed by atoms with Gasteiger partial charge in [0.25, 0.3) is 0 Å². The van der Waals surface area contributed by atoms with E-state index in [0.717, 1.165) is 12.0 Å². The second-order valence-electron chi connectivity index (χ2n) is 4.28. The van der Waals surface area contributed by atoms with Crippen molar-refractivity contribution in [3.63, 3.8) is 0 Å². The van der Waals surface area contributed by atoms with Crippen LogP contribution in [0.5, 0.6) is 0 Å². The predicted molar refractivity (Wildman–Crippen MR) is 72.6 cm³/mol. The van der Waals surface area contributed by atoms with Crippen molar-refractivity contribution < 1.29 is 4.79 Å². The van der Waals surface area contributed by atoms with E-state index in [0.29, 0.717) is 0 Å². The highest BCUT2D eigenvalue weighted by Crippen LogP contribution is 2.14. The maximum atomic E-state index is 10.9. The molecule has 0 radical (unpaired) electrons. The highest BCUT2D eigenvalue weighted by atomic mass is 16.1. The van der Waals surface area contributed by atoms with Gasteiger partial charge in [0.2, 0.25) is 5.91 Å². The molecule has 0 aliphatic carbocycles. The molecule has 17 heavy (non-hydrogen) atoms. The van der Waals surface area contributed by atoms with Gasteiger partial charge in [0.1, 0.15) is 0 Å². The number of hydrogen-bond acceptors (Lipinski definition) is 1. The van der Waals surface area contributed by atoms with Crippen LogP contribution in [0.3, 0.4) is 0 Å². The van der Waals surface area contributed by atoms with Crippen LogP contribution in [0.25, 0.3) is 6.08 Å². The minimum Gasteiger partial charge on any atom is -0.350 e. The number of benzene rings is 1. The normalized spacial score (nSPS) is 12.6. The zero-order valence-electron chi connectivity index (χ0n) is 10.9. The SMILES string of the molecule is CCC/C=C/c1ccc([C@@H](C)NC(C)=O)cc1. The first-order valence-corrected chi connectivity index (χ1v) is 6.17. The lowest BCUT2D eigenvalue weighted by Gasteiger charge is -2.12. The molecule has 0 unspecified atom stereocenters. The summed E-state index contributed by atoms with van der Waals surface area (Å²) in [5, 5.41) is 2.87. The van der Waals surface area contributed by atoms with E-state index in [4.69, 9.17) is 0 Å². The smallest absolute Gasteiger partial charge is 0.217 e. The van der Waals surface area contributed by atoms with Crippen LogP contribution in [0.1, 0.15) is 50.8 Å². The summed E-state index contributed by atoms with van der Waals surface area (Å²) >= 11 is 0.